The molecule has 0 spiro atoms. The molecule has 0 aliphatic carbocycles. The van der Waals surface area contributed by atoms with E-state index in [1.165, 1.54) is 0 Å². The van der Waals surface area contributed by atoms with E-state index in [1.54, 1.807) is 0 Å². The minimum absolute atomic E-state index is 0. The van der Waals surface area contributed by atoms with E-state index in [9.17, 15) is 4.79 Å². The first-order valence-corrected chi connectivity index (χ1v) is 7.21. The number of piperidine rings is 1. The average molecular weight is 348 g/mol. The Morgan fingerprint density at radius 1 is 1.37 bits per heavy atom. The van der Waals surface area contributed by atoms with E-state index >= 15 is 0 Å². The lowest BCUT2D eigenvalue weighted by Crippen LogP contribution is -2.51. The van der Waals surface area contributed by atoms with Gasteiger partial charge in [0.2, 0.25) is 0 Å². The van der Waals surface area contributed by atoms with Gasteiger partial charge >= 0.3 is 0 Å². The van der Waals surface area contributed by atoms with Crippen LogP contribution in [-0.4, -0.2) is 29.4 Å². The molecule has 2 atom stereocenters. The smallest absolute Gasteiger partial charge is 0.254 e. The van der Waals surface area contributed by atoms with E-state index in [4.69, 9.17) is 5.73 Å². The van der Waals surface area contributed by atoms with Crippen LogP contribution in [0.5, 0.6) is 0 Å². The second-order valence-corrected chi connectivity index (χ2v) is 5.84. The molecule has 1 amide bonds. The van der Waals surface area contributed by atoms with Crippen molar-refractivity contribution in [3.63, 3.8) is 0 Å². The minimum atomic E-state index is 0. The first-order chi connectivity index (χ1) is 8.59. The van der Waals surface area contributed by atoms with E-state index < -0.39 is 0 Å². The molecule has 1 saturated heterocycles. The first-order valence-electron chi connectivity index (χ1n) is 6.41. The summed E-state index contributed by atoms with van der Waals surface area (Å²) in [5.74, 6) is 0.101. The third-order valence-corrected chi connectivity index (χ3v) is 4.04. The van der Waals surface area contributed by atoms with E-state index in [2.05, 4.69) is 15.9 Å². The number of carbonyl (C=O) groups excluding carboxylic acids is 1. The summed E-state index contributed by atoms with van der Waals surface area (Å²) >= 11 is 3.38. The predicted molar refractivity (Wildman–Crippen MR) is 83.7 cm³/mol. The Labute approximate surface area is 129 Å². The summed E-state index contributed by atoms with van der Waals surface area (Å²) in [6.45, 7) is 2.80. The number of benzene rings is 1. The van der Waals surface area contributed by atoms with Crippen molar-refractivity contribution in [3.8, 4) is 0 Å². The Bertz CT molecular complexity index is 422. The zero-order chi connectivity index (χ0) is 13.1. The number of hydrogen-bond donors (Lipinski definition) is 1. The molecule has 0 aromatic heterocycles. The van der Waals surface area contributed by atoms with E-state index in [0.717, 1.165) is 35.8 Å². The van der Waals surface area contributed by atoms with Crippen molar-refractivity contribution in [1.29, 1.82) is 0 Å². The fourth-order valence-electron chi connectivity index (χ4n) is 2.51. The number of likely N-dealkylation sites (tertiary alicyclic amines) is 1. The Morgan fingerprint density at radius 3 is 2.58 bits per heavy atom. The molecule has 1 aliphatic heterocycles. The summed E-state index contributed by atoms with van der Waals surface area (Å²) in [5, 5.41) is 0. The zero-order valence-corrected chi connectivity index (χ0v) is 13.4. The van der Waals surface area contributed by atoms with Crippen LogP contribution in [0.25, 0.3) is 0 Å². The number of nitrogens with zero attached hydrogens (tertiary/aromatic N) is 1. The fraction of sp³-hybridized carbons (Fsp3) is 0.500. The molecular weight excluding hydrogens is 328 g/mol. The average Bonchev–Trinajstić information content (AvgIpc) is 2.39. The zero-order valence-electron chi connectivity index (χ0n) is 11.0. The van der Waals surface area contributed by atoms with Crippen LogP contribution in [0.2, 0.25) is 0 Å². The van der Waals surface area contributed by atoms with Gasteiger partial charge in [0.15, 0.2) is 0 Å². The molecule has 0 bridgehead atoms. The summed E-state index contributed by atoms with van der Waals surface area (Å²) in [6, 6.07) is 7.73. The molecule has 1 heterocycles. The minimum Gasteiger partial charge on any atom is -0.334 e. The Morgan fingerprint density at radius 2 is 2.00 bits per heavy atom. The predicted octanol–water partition coefficient (Wildman–Crippen LogP) is 3.21. The Kier molecular flexibility index (Phi) is 6.30. The van der Waals surface area contributed by atoms with Crippen molar-refractivity contribution >= 4 is 34.2 Å². The maximum Gasteiger partial charge on any atom is 0.254 e. The van der Waals surface area contributed by atoms with Gasteiger partial charge in [-0.1, -0.05) is 15.9 Å². The van der Waals surface area contributed by atoms with Crippen LogP contribution in [-0.2, 0) is 0 Å². The summed E-state index contributed by atoms with van der Waals surface area (Å²) in [7, 11) is 0. The molecule has 3 nitrogen and oxygen atoms in total. The molecular formula is C14H20BrClN2O. The highest BCUT2D eigenvalue weighted by molar-refractivity contribution is 9.10. The number of nitrogens with two attached hydrogens (primary N) is 1. The van der Waals surface area contributed by atoms with Crippen LogP contribution in [0.1, 0.15) is 36.5 Å². The Balaban J connectivity index is 0.00000180. The maximum atomic E-state index is 12.5. The van der Waals surface area contributed by atoms with Crippen LogP contribution in [0, 0.1) is 0 Å². The lowest BCUT2D eigenvalue weighted by molar-refractivity contribution is 0.0584. The van der Waals surface area contributed by atoms with Gasteiger partial charge in [-0.25, -0.2) is 0 Å². The van der Waals surface area contributed by atoms with Gasteiger partial charge in [0, 0.05) is 28.7 Å². The molecule has 0 saturated carbocycles. The lowest BCUT2D eigenvalue weighted by Gasteiger charge is -2.38. The molecule has 2 rings (SSSR count). The number of hydrogen-bond acceptors (Lipinski definition) is 2. The van der Waals surface area contributed by atoms with Gasteiger partial charge < -0.3 is 10.6 Å². The number of rotatable bonds is 2. The standard InChI is InChI=1S/C14H19BrN2O.ClH/c1-10(16)13-4-2-3-9-17(13)14(18)11-5-7-12(15)8-6-11;/h5-8,10,13H,2-4,9,16H2,1H3;1H. The van der Waals surface area contributed by atoms with Crippen molar-refractivity contribution in [3.05, 3.63) is 34.3 Å². The van der Waals surface area contributed by atoms with Crippen molar-refractivity contribution in [2.75, 3.05) is 6.54 Å². The molecule has 2 unspecified atom stereocenters. The monoisotopic (exact) mass is 346 g/mol. The maximum absolute atomic E-state index is 12.5. The summed E-state index contributed by atoms with van der Waals surface area (Å²) in [4.78, 5) is 14.4. The summed E-state index contributed by atoms with van der Waals surface area (Å²) in [5.41, 5.74) is 6.74. The van der Waals surface area contributed by atoms with Gasteiger partial charge in [-0.05, 0) is 50.5 Å². The molecule has 5 heteroatoms. The normalized spacial score (nSPS) is 20.6. The van der Waals surface area contributed by atoms with Crippen LogP contribution in [0.15, 0.2) is 28.7 Å². The van der Waals surface area contributed by atoms with Gasteiger partial charge in [-0.15, -0.1) is 12.4 Å². The number of amides is 1. The van der Waals surface area contributed by atoms with Crippen molar-refractivity contribution in [2.45, 2.75) is 38.3 Å². The second kappa shape index (κ2) is 7.27. The van der Waals surface area contributed by atoms with Crippen molar-refractivity contribution in [1.82, 2.24) is 4.90 Å². The number of carbonyl (C=O) groups is 1. The molecule has 1 aromatic rings. The Hall–Kier alpha value is -0.580. The second-order valence-electron chi connectivity index (χ2n) is 4.93. The van der Waals surface area contributed by atoms with Crippen LogP contribution < -0.4 is 5.73 Å². The first kappa shape index (κ1) is 16.5. The quantitative estimate of drug-likeness (QED) is 0.893. The molecule has 2 N–H and O–H groups in total. The van der Waals surface area contributed by atoms with Gasteiger partial charge in [0.1, 0.15) is 0 Å². The van der Waals surface area contributed by atoms with Crippen molar-refractivity contribution < 1.29 is 4.79 Å². The molecule has 106 valence electrons. The van der Waals surface area contributed by atoms with Crippen LogP contribution in [0.4, 0.5) is 0 Å². The van der Waals surface area contributed by atoms with E-state index in [1.807, 2.05) is 36.1 Å². The molecule has 19 heavy (non-hydrogen) atoms. The van der Waals surface area contributed by atoms with Crippen molar-refractivity contribution in [2.24, 2.45) is 5.73 Å². The number of halogens is 2. The van der Waals surface area contributed by atoms with E-state index in [-0.39, 0.29) is 30.4 Å². The topological polar surface area (TPSA) is 46.3 Å². The fourth-order valence-corrected chi connectivity index (χ4v) is 2.78. The molecule has 0 radical (unpaired) electrons. The van der Waals surface area contributed by atoms with Gasteiger partial charge in [-0.2, -0.15) is 0 Å². The highest BCUT2D eigenvalue weighted by Crippen LogP contribution is 2.22. The molecule has 1 aromatic carbocycles. The molecule has 1 aliphatic rings. The SMILES string of the molecule is CC(N)C1CCCCN1C(=O)c1ccc(Br)cc1.Cl. The van der Waals surface area contributed by atoms with Gasteiger partial charge in [0.05, 0.1) is 0 Å². The van der Waals surface area contributed by atoms with Gasteiger partial charge in [0.25, 0.3) is 5.91 Å². The van der Waals surface area contributed by atoms with Crippen LogP contribution >= 0.6 is 28.3 Å². The lowest BCUT2D eigenvalue weighted by atomic mass is 9.96. The molecule has 1 fully saturated rings. The third-order valence-electron chi connectivity index (χ3n) is 3.51. The highest BCUT2D eigenvalue weighted by Gasteiger charge is 2.29. The largest absolute Gasteiger partial charge is 0.334 e. The van der Waals surface area contributed by atoms with E-state index in [0.29, 0.717) is 0 Å². The van der Waals surface area contributed by atoms with Crippen LogP contribution in [0.3, 0.4) is 0 Å². The van der Waals surface area contributed by atoms with Gasteiger partial charge in [-0.3, -0.25) is 4.79 Å². The summed E-state index contributed by atoms with van der Waals surface area (Å²) < 4.78 is 0.987. The third kappa shape index (κ3) is 3.94. The highest BCUT2D eigenvalue weighted by atomic mass is 79.9. The summed E-state index contributed by atoms with van der Waals surface area (Å²) in [6.07, 6.45) is 3.25.